The molecule has 226 valence electrons. The van der Waals surface area contributed by atoms with Gasteiger partial charge in [-0.15, -0.1) is 0 Å². The number of rotatable bonds is 11. The summed E-state index contributed by atoms with van der Waals surface area (Å²) in [5.41, 5.74) is 5.27. The van der Waals surface area contributed by atoms with Crippen LogP contribution in [-0.2, 0) is 22.6 Å². The van der Waals surface area contributed by atoms with Gasteiger partial charge in [-0.25, -0.2) is 9.78 Å². The highest BCUT2D eigenvalue weighted by atomic mass is 16.4. The maximum Gasteiger partial charge on any atom is 0.336 e. The zero-order chi connectivity index (χ0) is 29.6. The number of nitrogens with one attached hydrogen (secondary N) is 1. The van der Waals surface area contributed by atoms with Crippen LogP contribution in [0.3, 0.4) is 0 Å². The lowest BCUT2D eigenvalue weighted by Crippen LogP contribution is -2.30. The molecule has 5 N–H and O–H groups in total. The lowest BCUT2D eigenvalue weighted by molar-refractivity contribution is -0.145. The number of aryl methyl sites for hydroxylation is 1. The Labute approximate surface area is 250 Å². The van der Waals surface area contributed by atoms with Crippen LogP contribution in [0, 0.1) is 11.8 Å². The fourth-order valence-electron chi connectivity index (χ4n) is 6.07. The van der Waals surface area contributed by atoms with E-state index in [0.29, 0.717) is 24.2 Å². The van der Waals surface area contributed by atoms with Gasteiger partial charge in [0.1, 0.15) is 5.82 Å². The summed E-state index contributed by atoms with van der Waals surface area (Å²) >= 11 is 0. The van der Waals surface area contributed by atoms with Crippen molar-refractivity contribution in [1.29, 1.82) is 0 Å². The second-order valence-electron chi connectivity index (χ2n) is 11.2. The third kappa shape index (κ3) is 7.29. The monoisotopic (exact) mass is 585 g/mol. The molecule has 1 fully saturated rings. The maximum absolute atomic E-state index is 13.0. The zero-order valence-electron chi connectivity index (χ0n) is 24.4. The van der Waals surface area contributed by atoms with Crippen molar-refractivity contribution in [2.75, 3.05) is 5.32 Å². The van der Waals surface area contributed by atoms with Crippen molar-refractivity contribution in [2.45, 2.75) is 64.8 Å². The van der Waals surface area contributed by atoms with Gasteiger partial charge in [-0.3, -0.25) is 9.59 Å². The Balaban J connectivity index is 0.00000423. The van der Waals surface area contributed by atoms with Crippen LogP contribution in [0.1, 0.15) is 73.6 Å². The quantitative estimate of drug-likeness (QED) is 0.191. The van der Waals surface area contributed by atoms with Crippen LogP contribution in [0.5, 0.6) is 0 Å². The number of aliphatic carboxylic acids is 1. The second kappa shape index (κ2) is 14.1. The highest BCUT2D eigenvalue weighted by Crippen LogP contribution is 2.33. The Morgan fingerprint density at radius 3 is 2.44 bits per heavy atom. The van der Waals surface area contributed by atoms with Crippen LogP contribution < -0.4 is 5.32 Å². The lowest BCUT2D eigenvalue weighted by Gasteiger charge is -2.27. The van der Waals surface area contributed by atoms with Crippen molar-refractivity contribution in [3.8, 4) is 11.1 Å². The molecule has 2 unspecified atom stereocenters. The number of carbonyl (C=O) groups is 3. The smallest absolute Gasteiger partial charge is 0.336 e. The summed E-state index contributed by atoms with van der Waals surface area (Å²) in [6.07, 6.45) is 6.33. The molecule has 1 heterocycles. The number of aromatic carboxylic acids is 1. The molecule has 3 aromatic carbocycles. The summed E-state index contributed by atoms with van der Waals surface area (Å²) in [6.45, 7) is 2.73. The van der Waals surface area contributed by atoms with Crippen LogP contribution in [-0.4, -0.2) is 43.1 Å². The molecule has 2 atom stereocenters. The molecule has 0 aliphatic heterocycles. The minimum atomic E-state index is -0.955. The molecule has 1 aromatic heterocycles. The minimum Gasteiger partial charge on any atom is -0.481 e. The third-order valence-electron chi connectivity index (χ3n) is 8.30. The Morgan fingerprint density at radius 1 is 0.977 bits per heavy atom. The summed E-state index contributed by atoms with van der Waals surface area (Å²) in [4.78, 5) is 41.2. The second-order valence-corrected chi connectivity index (χ2v) is 11.2. The number of unbranched alkanes of at least 4 members (excludes halogenated alkanes) is 1. The van der Waals surface area contributed by atoms with Gasteiger partial charge >= 0.3 is 11.9 Å². The van der Waals surface area contributed by atoms with E-state index in [9.17, 15) is 24.6 Å². The highest BCUT2D eigenvalue weighted by Gasteiger charge is 2.32. The number of carbonyl (C=O) groups excluding carboxylic acids is 1. The summed E-state index contributed by atoms with van der Waals surface area (Å²) < 4.78 is 2.18. The van der Waals surface area contributed by atoms with Gasteiger partial charge in [-0.2, -0.15) is 0 Å². The van der Waals surface area contributed by atoms with Gasteiger partial charge in [0, 0.05) is 25.1 Å². The fourth-order valence-corrected chi connectivity index (χ4v) is 6.07. The van der Waals surface area contributed by atoms with E-state index in [-0.39, 0.29) is 29.3 Å². The number of carboxylic acids is 2. The molecule has 4 aromatic rings. The number of anilines is 1. The number of carboxylic acid groups (broad SMARTS) is 2. The summed E-state index contributed by atoms with van der Waals surface area (Å²) in [5, 5.41) is 22.2. The average Bonchev–Trinajstić information content (AvgIpc) is 3.32. The van der Waals surface area contributed by atoms with Crippen molar-refractivity contribution in [3.05, 3.63) is 83.7 Å². The molecule has 1 aliphatic carbocycles. The standard InChI is InChI=1S/C34H37N3O5.H2O/c1-2-3-12-31-36-29-18-17-25(35-32(38)19-24-8-4-5-10-27(24)33(39)40)20-30(29)37(31)21-22-13-15-23(16-14-22)26-9-6-7-11-28(26)34(41)42;/h6-7,9,11,13-18,20,24,27H,2-5,8,10,12,19,21H2,1H3,(H,35,38)(H,39,40)(H,41,42);1H2. The Hall–Kier alpha value is -4.50. The van der Waals surface area contributed by atoms with E-state index < -0.39 is 17.9 Å². The molecule has 0 spiro atoms. The van der Waals surface area contributed by atoms with E-state index >= 15 is 0 Å². The Bertz CT molecular complexity index is 1590. The van der Waals surface area contributed by atoms with Gasteiger partial charge < -0.3 is 25.6 Å². The normalized spacial score (nSPS) is 16.4. The van der Waals surface area contributed by atoms with Crippen molar-refractivity contribution >= 4 is 34.6 Å². The zero-order valence-corrected chi connectivity index (χ0v) is 24.4. The van der Waals surface area contributed by atoms with E-state index in [1.807, 2.05) is 54.6 Å². The molecule has 1 saturated carbocycles. The Morgan fingerprint density at radius 2 is 1.72 bits per heavy atom. The maximum atomic E-state index is 13.0. The first kappa shape index (κ1) is 31.4. The first-order valence-corrected chi connectivity index (χ1v) is 14.8. The molecule has 9 heteroatoms. The molecule has 5 rings (SSSR count). The van der Waals surface area contributed by atoms with E-state index in [1.54, 1.807) is 12.1 Å². The van der Waals surface area contributed by atoms with Crippen molar-refractivity contribution < 1.29 is 30.1 Å². The van der Waals surface area contributed by atoms with Gasteiger partial charge in [-0.05, 0) is 66.1 Å². The SMILES string of the molecule is CCCCc1nc2ccc(NC(=O)CC3CCCCC3C(=O)O)cc2n1Cc1ccc(-c2ccccc2C(=O)O)cc1.O. The largest absolute Gasteiger partial charge is 0.481 e. The molecule has 0 saturated heterocycles. The average molecular weight is 586 g/mol. The number of nitrogens with zero attached hydrogens (tertiary/aromatic N) is 2. The highest BCUT2D eigenvalue weighted by molar-refractivity contribution is 5.96. The van der Waals surface area contributed by atoms with Gasteiger partial charge in [0.15, 0.2) is 0 Å². The molecule has 1 amide bonds. The van der Waals surface area contributed by atoms with Crippen LogP contribution >= 0.6 is 0 Å². The summed E-state index contributed by atoms with van der Waals surface area (Å²) in [6, 6.07) is 20.6. The van der Waals surface area contributed by atoms with Gasteiger partial charge in [0.25, 0.3) is 0 Å². The first-order chi connectivity index (χ1) is 20.3. The minimum absolute atomic E-state index is 0. The van der Waals surface area contributed by atoms with E-state index in [4.69, 9.17) is 4.98 Å². The van der Waals surface area contributed by atoms with Crippen LogP contribution in [0.4, 0.5) is 5.69 Å². The molecular weight excluding hydrogens is 546 g/mol. The molecule has 9 nitrogen and oxygen atoms in total. The third-order valence-corrected chi connectivity index (χ3v) is 8.30. The van der Waals surface area contributed by atoms with Crippen LogP contribution in [0.15, 0.2) is 66.7 Å². The number of aromatic nitrogens is 2. The summed E-state index contributed by atoms with van der Waals surface area (Å²) in [5.74, 6) is -1.56. The van der Waals surface area contributed by atoms with Gasteiger partial charge in [-0.1, -0.05) is 68.7 Å². The number of hydrogen-bond donors (Lipinski definition) is 3. The molecule has 1 aliphatic rings. The van der Waals surface area contributed by atoms with Crippen LogP contribution in [0.2, 0.25) is 0 Å². The topological polar surface area (TPSA) is 153 Å². The van der Waals surface area contributed by atoms with Gasteiger partial charge in [0.2, 0.25) is 5.91 Å². The van der Waals surface area contributed by atoms with Crippen molar-refractivity contribution in [3.63, 3.8) is 0 Å². The number of imidazole rings is 1. The molecular formula is C34H39N3O6. The van der Waals surface area contributed by atoms with Crippen LogP contribution in [0.25, 0.3) is 22.2 Å². The predicted molar refractivity (Wildman–Crippen MR) is 166 cm³/mol. The van der Waals surface area contributed by atoms with E-state index in [0.717, 1.165) is 66.5 Å². The number of benzene rings is 3. The summed E-state index contributed by atoms with van der Waals surface area (Å²) in [7, 11) is 0. The predicted octanol–water partition coefficient (Wildman–Crippen LogP) is 6.19. The van der Waals surface area contributed by atoms with Gasteiger partial charge in [0.05, 0.1) is 22.5 Å². The number of amides is 1. The Kier molecular flexibility index (Phi) is 10.3. The molecule has 0 radical (unpaired) electrons. The lowest BCUT2D eigenvalue weighted by atomic mass is 9.77. The molecule has 0 bridgehead atoms. The fraction of sp³-hybridized carbons (Fsp3) is 0.353. The van der Waals surface area contributed by atoms with E-state index in [2.05, 4.69) is 16.8 Å². The van der Waals surface area contributed by atoms with E-state index in [1.165, 1.54) is 0 Å². The molecule has 43 heavy (non-hydrogen) atoms. The first-order valence-electron chi connectivity index (χ1n) is 14.8. The number of fused-ring (bicyclic) bond motifs is 1. The van der Waals surface area contributed by atoms with Crippen molar-refractivity contribution in [1.82, 2.24) is 9.55 Å². The van der Waals surface area contributed by atoms with Crippen molar-refractivity contribution in [2.24, 2.45) is 11.8 Å². The number of hydrogen-bond acceptors (Lipinski definition) is 4.